The molecule has 0 aliphatic carbocycles. The van der Waals surface area contributed by atoms with Crippen molar-refractivity contribution in [2.45, 2.75) is 26.5 Å². The molecular formula is C21H24ClFN2O. The SMILES string of the molecule is CCn1cc(CCN(C)C)c2c(OCc3ccc(Cl)cc3)cc(F)cc21. The number of hydrogen-bond donors (Lipinski definition) is 0. The van der Waals surface area contributed by atoms with E-state index in [0.717, 1.165) is 36.0 Å². The molecule has 3 nitrogen and oxygen atoms in total. The van der Waals surface area contributed by atoms with Crippen molar-refractivity contribution in [3.05, 3.63) is 64.6 Å². The van der Waals surface area contributed by atoms with Gasteiger partial charge in [0, 0.05) is 35.8 Å². The normalized spacial score (nSPS) is 11.5. The number of ether oxygens (including phenoxy) is 1. The lowest BCUT2D eigenvalue weighted by molar-refractivity contribution is 0.308. The van der Waals surface area contributed by atoms with Gasteiger partial charge in [-0.1, -0.05) is 23.7 Å². The van der Waals surface area contributed by atoms with Crippen LogP contribution in [0.1, 0.15) is 18.1 Å². The van der Waals surface area contributed by atoms with E-state index in [-0.39, 0.29) is 5.82 Å². The Hall–Kier alpha value is -2.04. The highest BCUT2D eigenvalue weighted by Crippen LogP contribution is 2.33. The van der Waals surface area contributed by atoms with E-state index >= 15 is 0 Å². The van der Waals surface area contributed by atoms with Crippen LogP contribution in [0.4, 0.5) is 4.39 Å². The first-order valence-electron chi connectivity index (χ1n) is 8.81. The van der Waals surface area contributed by atoms with E-state index in [0.29, 0.717) is 17.4 Å². The smallest absolute Gasteiger partial charge is 0.132 e. The summed E-state index contributed by atoms with van der Waals surface area (Å²) in [6.07, 6.45) is 3.00. The molecule has 0 saturated carbocycles. The predicted octanol–water partition coefficient (Wildman–Crippen LogP) is 5.14. The topological polar surface area (TPSA) is 17.4 Å². The summed E-state index contributed by atoms with van der Waals surface area (Å²) >= 11 is 5.93. The second-order valence-electron chi connectivity index (χ2n) is 6.71. The van der Waals surface area contributed by atoms with E-state index < -0.39 is 0 Å². The first kappa shape index (κ1) is 18.7. The zero-order valence-electron chi connectivity index (χ0n) is 15.4. The van der Waals surface area contributed by atoms with Crippen molar-refractivity contribution in [2.75, 3.05) is 20.6 Å². The molecular weight excluding hydrogens is 351 g/mol. The molecule has 0 radical (unpaired) electrons. The molecule has 3 rings (SSSR count). The Morgan fingerprint density at radius 1 is 1.15 bits per heavy atom. The van der Waals surface area contributed by atoms with Gasteiger partial charge in [-0.2, -0.15) is 0 Å². The summed E-state index contributed by atoms with van der Waals surface area (Å²) < 4.78 is 22.3. The van der Waals surface area contributed by atoms with E-state index in [1.165, 1.54) is 11.6 Å². The van der Waals surface area contributed by atoms with Gasteiger partial charge >= 0.3 is 0 Å². The first-order valence-corrected chi connectivity index (χ1v) is 9.19. The van der Waals surface area contributed by atoms with Gasteiger partial charge < -0.3 is 14.2 Å². The molecule has 0 bridgehead atoms. The van der Waals surface area contributed by atoms with Crippen LogP contribution in [0.5, 0.6) is 5.75 Å². The average molecular weight is 375 g/mol. The zero-order valence-corrected chi connectivity index (χ0v) is 16.2. The van der Waals surface area contributed by atoms with Gasteiger partial charge in [-0.15, -0.1) is 0 Å². The van der Waals surface area contributed by atoms with Crippen molar-refractivity contribution in [1.82, 2.24) is 9.47 Å². The summed E-state index contributed by atoms with van der Waals surface area (Å²) in [5.41, 5.74) is 3.06. The largest absolute Gasteiger partial charge is 0.488 e. The third-order valence-corrected chi connectivity index (χ3v) is 4.72. The third kappa shape index (κ3) is 4.19. The van der Waals surface area contributed by atoms with Gasteiger partial charge in [-0.05, 0) is 56.8 Å². The fourth-order valence-corrected chi connectivity index (χ4v) is 3.22. The number of aryl methyl sites for hydroxylation is 1. The van der Waals surface area contributed by atoms with E-state index in [9.17, 15) is 4.39 Å². The Labute approximate surface area is 158 Å². The fraction of sp³-hybridized carbons (Fsp3) is 0.333. The van der Waals surface area contributed by atoms with Crippen molar-refractivity contribution < 1.29 is 9.13 Å². The van der Waals surface area contributed by atoms with Crippen molar-refractivity contribution in [2.24, 2.45) is 0 Å². The maximum atomic E-state index is 14.2. The zero-order chi connectivity index (χ0) is 18.7. The van der Waals surface area contributed by atoms with Crippen LogP contribution in [0.2, 0.25) is 5.02 Å². The lowest BCUT2D eigenvalue weighted by Gasteiger charge is -2.12. The van der Waals surface area contributed by atoms with Crippen molar-refractivity contribution >= 4 is 22.5 Å². The molecule has 0 fully saturated rings. The standard InChI is InChI=1S/C21H24ClFN2O/c1-4-25-13-16(9-10-24(2)3)21-19(25)11-18(23)12-20(21)26-14-15-5-7-17(22)8-6-15/h5-8,11-13H,4,9-10,14H2,1-3H3. The summed E-state index contributed by atoms with van der Waals surface area (Å²) in [4.78, 5) is 2.15. The average Bonchev–Trinajstić information content (AvgIpc) is 2.97. The van der Waals surface area contributed by atoms with Crippen LogP contribution in [0, 0.1) is 5.82 Å². The minimum absolute atomic E-state index is 0.282. The first-order chi connectivity index (χ1) is 12.5. The van der Waals surface area contributed by atoms with Crippen LogP contribution in [-0.4, -0.2) is 30.1 Å². The highest BCUT2D eigenvalue weighted by molar-refractivity contribution is 6.30. The summed E-state index contributed by atoms with van der Waals surface area (Å²) in [5.74, 6) is 0.312. The van der Waals surface area contributed by atoms with Crippen LogP contribution >= 0.6 is 11.6 Å². The second-order valence-corrected chi connectivity index (χ2v) is 7.14. The molecule has 3 aromatic rings. The number of benzene rings is 2. The Kier molecular flexibility index (Phi) is 5.84. The molecule has 2 aromatic carbocycles. The molecule has 0 aliphatic rings. The van der Waals surface area contributed by atoms with Gasteiger partial charge in [-0.3, -0.25) is 0 Å². The summed E-state index contributed by atoms with van der Waals surface area (Å²) in [7, 11) is 4.10. The molecule has 1 heterocycles. The maximum absolute atomic E-state index is 14.2. The van der Waals surface area contributed by atoms with Crippen LogP contribution in [-0.2, 0) is 19.6 Å². The second kappa shape index (κ2) is 8.11. The molecule has 5 heteroatoms. The molecule has 0 atom stereocenters. The maximum Gasteiger partial charge on any atom is 0.132 e. The van der Waals surface area contributed by atoms with Crippen molar-refractivity contribution in [3.63, 3.8) is 0 Å². The molecule has 0 N–H and O–H groups in total. The Morgan fingerprint density at radius 3 is 2.54 bits per heavy atom. The van der Waals surface area contributed by atoms with Crippen LogP contribution < -0.4 is 4.74 Å². The quantitative estimate of drug-likeness (QED) is 0.570. The van der Waals surface area contributed by atoms with Crippen molar-refractivity contribution in [3.8, 4) is 5.75 Å². The minimum atomic E-state index is -0.282. The van der Waals surface area contributed by atoms with Crippen molar-refractivity contribution in [1.29, 1.82) is 0 Å². The molecule has 0 aliphatic heterocycles. The van der Waals surface area contributed by atoms with Gasteiger partial charge in [0.2, 0.25) is 0 Å². The molecule has 0 amide bonds. The number of aromatic nitrogens is 1. The number of rotatable bonds is 7. The van der Waals surface area contributed by atoms with Gasteiger partial charge in [0.05, 0.1) is 5.52 Å². The molecule has 138 valence electrons. The number of hydrogen-bond acceptors (Lipinski definition) is 2. The Morgan fingerprint density at radius 2 is 1.88 bits per heavy atom. The molecule has 0 saturated heterocycles. The molecule has 26 heavy (non-hydrogen) atoms. The van der Waals surface area contributed by atoms with Gasteiger partial charge in [0.1, 0.15) is 18.2 Å². The minimum Gasteiger partial charge on any atom is -0.488 e. The van der Waals surface area contributed by atoms with E-state index in [1.807, 2.05) is 24.3 Å². The van der Waals surface area contributed by atoms with Crippen LogP contribution in [0.15, 0.2) is 42.6 Å². The lowest BCUT2D eigenvalue weighted by atomic mass is 10.1. The number of likely N-dealkylation sites (N-methyl/N-ethyl adjacent to an activating group) is 1. The van der Waals surface area contributed by atoms with Gasteiger partial charge in [0.15, 0.2) is 0 Å². The number of nitrogens with zero attached hydrogens (tertiary/aromatic N) is 2. The van der Waals surface area contributed by atoms with Crippen LogP contribution in [0.25, 0.3) is 10.9 Å². The lowest BCUT2D eigenvalue weighted by Crippen LogP contribution is -2.15. The van der Waals surface area contributed by atoms with E-state index in [4.69, 9.17) is 16.3 Å². The number of halogens is 2. The predicted molar refractivity (Wildman–Crippen MR) is 106 cm³/mol. The molecule has 1 aromatic heterocycles. The number of fused-ring (bicyclic) bond motifs is 1. The van der Waals surface area contributed by atoms with Gasteiger partial charge in [0.25, 0.3) is 0 Å². The summed E-state index contributed by atoms with van der Waals surface area (Å²) in [5, 5.41) is 1.69. The third-order valence-electron chi connectivity index (χ3n) is 4.46. The highest BCUT2D eigenvalue weighted by atomic mass is 35.5. The van der Waals surface area contributed by atoms with E-state index in [1.54, 1.807) is 6.07 Å². The molecule has 0 spiro atoms. The monoisotopic (exact) mass is 374 g/mol. The fourth-order valence-electron chi connectivity index (χ4n) is 3.09. The summed E-state index contributed by atoms with van der Waals surface area (Å²) in [6.45, 7) is 4.16. The van der Waals surface area contributed by atoms with E-state index in [2.05, 4.69) is 36.7 Å². The Bertz CT molecular complexity index is 887. The van der Waals surface area contributed by atoms with Gasteiger partial charge in [-0.25, -0.2) is 4.39 Å². The highest BCUT2D eigenvalue weighted by Gasteiger charge is 2.15. The van der Waals surface area contributed by atoms with Crippen LogP contribution in [0.3, 0.4) is 0 Å². The Balaban J connectivity index is 1.96. The summed E-state index contributed by atoms with van der Waals surface area (Å²) in [6, 6.07) is 10.6. The molecule has 0 unspecified atom stereocenters.